The maximum absolute atomic E-state index is 13.4. The third-order valence-electron chi connectivity index (χ3n) is 7.89. The Bertz CT molecular complexity index is 1160. The summed E-state index contributed by atoms with van der Waals surface area (Å²) in [5.41, 5.74) is 1.27. The number of amides is 2. The molecule has 1 aromatic heterocycles. The number of aromatic amines is 1. The molecule has 0 radical (unpaired) electrons. The van der Waals surface area contributed by atoms with Gasteiger partial charge in [-0.3, -0.25) is 14.4 Å². The molecule has 1 aliphatic heterocycles. The van der Waals surface area contributed by atoms with Crippen molar-refractivity contribution in [2.45, 2.75) is 44.6 Å². The van der Waals surface area contributed by atoms with Gasteiger partial charge in [-0.15, -0.1) is 0 Å². The second kappa shape index (κ2) is 9.13. The zero-order valence-electron chi connectivity index (χ0n) is 19.3. The van der Waals surface area contributed by atoms with E-state index < -0.39 is 12.0 Å². The molecule has 5 atom stereocenters. The fourth-order valence-electron chi connectivity index (χ4n) is 5.91. The van der Waals surface area contributed by atoms with Crippen LogP contribution in [0, 0.1) is 40.9 Å². The second-order valence-corrected chi connectivity index (χ2v) is 10.0. The number of Topliss-reactive ketones (excluding diaryl/α,β-unsaturated/α-hetero) is 1. The standard InChI is InChI=1S/C26H30N4O4/c1-34-24-4-2-3-21-20(24)11-22(30-21)23(31)12-19(17-8-15-7-16(15)9-17)26(33)29-18(13-27)10-14-5-6-28-25(14)32/h2-4,11,14-19,30H,5-10,12H2,1H3,(H,28,32)(H,29,33). The van der Waals surface area contributed by atoms with Gasteiger partial charge in [0.25, 0.3) is 0 Å². The third-order valence-corrected chi connectivity index (χ3v) is 7.89. The van der Waals surface area contributed by atoms with Crippen LogP contribution in [0.4, 0.5) is 0 Å². The van der Waals surface area contributed by atoms with Crippen LogP contribution in [-0.4, -0.2) is 42.3 Å². The molecule has 3 aliphatic rings. The predicted molar refractivity (Wildman–Crippen MR) is 125 cm³/mol. The van der Waals surface area contributed by atoms with E-state index in [0.29, 0.717) is 42.7 Å². The van der Waals surface area contributed by atoms with Crippen molar-refractivity contribution in [3.8, 4) is 11.8 Å². The Labute approximate surface area is 198 Å². The van der Waals surface area contributed by atoms with Crippen LogP contribution < -0.4 is 15.4 Å². The number of rotatable bonds is 9. The normalized spacial score (nSPS) is 26.9. The van der Waals surface area contributed by atoms with Crippen molar-refractivity contribution in [1.29, 1.82) is 5.26 Å². The zero-order valence-corrected chi connectivity index (χ0v) is 19.3. The molecule has 3 fully saturated rings. The lowest BCUT2D eigenvalue weighted by molar-refractivity contribution is -0.128. The number of hydrogen-bond donors (Lipinski definition) is 3. The van der Waals surface area contributed by atoms with Crippen LogP contribution in [0.1, 0.15) is 49.0 Å². The lowest BCUT2D eigenvalue weighted by Gasteiger charge is -2.25. The van der Waals surface area contributed by atoms with E-state index in [9.17, 15) is 19.6 Å². The van der Waals surface area contributed by atoms with E-state index in [4.69, 9.17) is 4.74 Å². The number of fused-ring (bicyclic) bond motifs is 2. The largest absolute Gasteiger partial charge is 0.496 e. The van der Waals surface area contributed by atoms with Gasteiger partial charge in [0.2, 0.25) is 11.8 Å². The van der Waals surface area contributed by atoms with E-state index in [1.165, 1.54) is 6.42 Å². The first-order chi connectivity index (χ1) is 16.5. The quantitative estimate of drug-likeness (QED) is 0.494. The molecule has 5 unspecified atom stereocenters. The maximum atomic E-state index is 13.4. The number of ketones is 1. The number of nitrogens with one attached hydrogen (secondary N) is 3. The first-order valence-electron chi connectivity index (χ1n) is 12.1. The number of hydrogen-bond acceptors (Lipinski definition) is 5. The van der Waals surface area contributed by atoms with Crippen LogP contribution in [0.3, 0.4) is 0 Å². The number of carbonyl (C=O) groups excluding carboxylic acids is 3. The summed E-state index contributed by atoms with van der Waals surface area (Å²) in [5.74, 6) is 0.981. The van der Waals surface area contributed by atoms with E-state index in [1.807, 2.05) is 18.2 Å². The van der Waals surface area contributed by atoms with Gasteiger partial charge in [-0.05, 0) is 68.1 Å². The fourth-order valence-corrected chi connectivity index (χ4v) is 5.91. The highest BCUT2D eigenvalue weighted by Gasteiger charge is 2.49. The van der Waals surface area contributed by atoms with Gasteiger partial charge < -0.3 is 20.4 Å². The number of nitriles is 1. The highest BCUT2D eigenvalue weighted by Crippen LogP contribution is 2.56. The Morgan fingerprint density at radius 3 is 2.74 bits per heavy atom. The molecule has 34 heavy (non-hydrogen) atoms. The van der Waals surface area contributed by atoms with Gasteiger partial charge in [-0.1, -0.05) is 6.07 Å². The first-order valence-corrected chi connectivity index (χ1v) is 12.1. The molecule has 3 N–H and O–H groups in total. The van der Waals surface area contributed by atoms with Gasteiger partial charge in [0.1, 0.15) is 11.8 Å². The van der Waals surface area contributed by atoms with E-state index in [2.05, 4.69) is 21.7 Å². The molecule has 1 saturated heterocycles. The monoisotopic (exact) mass is 462 g/mol. The summed E-state index contributed by atoms with van der Waals surface area (Å²) < 4.78 is 5.40. The predicted octanol–water partition coefficient (Wildman–Crippen LogP) is 2.95. The molecule has 5 rings (SSSR count). The van der Waals surface area contributed by atoms with Crippen LogP contribution in [0.2, 0.25) is 0 Å². The summed E-state index contributed by atoms with van der Waals surface area (Å²) in [4.78, 5) is 41.8. The highest BCUT2D eigenvalue weighted by molar-refractivity contribution is 6.02. The number of H-pyrrole nitrogens is 1. The van der Waals surface area contributed by atoms with Gasteiger partial charge in [-0.2, -0.15) is 5.26 Å². The number of methoxy groups -OCH3 is 1. The second-order valence-electron chi connectivity index (χ2n) is 10.0. The average Bonchev–Trinajstić information content (AvgIpc) is 3.18. The highest BCUT2D eigenvalue weighted by atomic mass is 16.5. The van der Waals surface area contributed by atoms with Gasteiger partial charge in [0.15, 0.2) is 5.78 Å². The van der Waals surface area contributed by atoms with Crippen LogP contribution in [-0.2, 0) is 9.59 Å². The molecular weight excluding hydrogens is 432 g/mol. The SMILES string of the molecule is COc1cccc2[nH]c(C(=O)CC(C(=O)NC(C#N)CC3CCNC3=O)C3CC4CC4C3)cc12. The van der Waals surface area contributed by atoms with Crippen molar-refractivity contribution in [2.24, 2.45) is 29.6 Å². The molecule has 2 aliphatic carbocycles. The van der Waals surface area contributed by atoms with E-state index in [1.54, 1.807) is 13.2 Å². The van der Waals surface area contributed by atoms with Crippen molar-refractivity contribution in [2.75, 3.05) is 13.7 Å². The summed E-state index contributed by atoms with van der Waals surface area (Å²) in [5, 5.41) is 16.1. The Hall–Kier alpha value is -3.34. The summed E-state index contributed by atoms with van der Waals surface area (Å²) in [6, 6.07) is 8.78. The Morgan fingerprint density at radius 1 is 1.26 bits per heavy atom. The van der Waals surface area contributed by atoms with E-state index >= 15 is 0 Å². The van der Waals surface area contributed by atoms with Crippen LogP contribution in [0.5, 0.6) is 5.75 Å². The van der Waals surface area contributed by atoms with Crippen molar-refractivity contribution >= 4 is 28.5 Å². The Morgan fingerprint density at radius 2 is 2.06 bits per heavy atom. The van der Waals surface area contributed by atoms with Crippen molar-refractivity contribution in [3.63, 3.8) is 0 Å². The zero-order chi connectivity index (χ0) is 23.8. The number of ether oxygens (including phenoxy) is 1. The lowest BCUT2D eigenvalue weighted by Crippen LogP contribution is -2.42. The molecule has 2 heterocycles. The first kappa shape index (κ1) is 22.5. The minimum Gasteiger partial charge on any atom is -0.496 e. The van der Waals surface area contributed by atoms with Gasteiger partial charge >= 0.3 is 0 Å². The molecule has 8 nitrogen and oxygen atoms in total. The number of benzene rings is 1. The minimum absolute atomic E-state index is 0.0636. The van der Waals surface area contributed by atoms with Crippen molar-refractivity contribution in [3.05, 3.63) is 30.0 Å². The number of nitrogens with zero attached hydrogens (tertiary/aromatic N) is 1. The maximum Gasteiger partial charge on any atom is 0.224 e. The molecule has 1 aromatic carbocycles. The summed E-state index contributed by atoms with van der Waals surface area (Å²) in [7, 11) is 1.59. The van der Waals surface area contributed by atoms with Crippen LogP contribution in [0.25, 0.3) is 10.9 Å². The van der Waals surface area contributed by atoms with Gasteiger partial charge in [-0.25, -0.2) is 0 Å². The van der Waals surface area contributed by atoms with Crippen molar-refractivity contribution < 1.29 is 19.1 Å². The van der Waals surface area contributed by atoms with Crippen molar-refractivity contribution in [1.82, 2.24) is 15.6 Å². The smallest absolute Gasteiger partial charge is 0.224 e. The average molecular weight is 463 g/mol. The molecule has 2 amide bonds. The van der Waals surface area contributed by atoms with Crippen LogP contribution >= 0.6 is 0 Å². The Kier molecular flexibility index (Phi) is 6.03. The fraction of sp³-hybridized carbons (Fsp3) is 0.538. The topological polar surface area (TPSA) is 124 Å². The van der Waals surface area contributed by atoms with Crippen LogP contribution in [0.15, 0.2) is 24.3 Å². The summed E-state index contributed by atoms with van der Waals surface area (Å²) in [6.07, 6.45) is 4.19. The number of carbonyl (C=O) groups is 3. The van der Waals surface area contributed by atoms with E-state index in [0.717, 1.165) is 23.7 Å². The van der Waals surface area contributed by atoms with E-state index in [-0.39, 0.29) is 35.9 Å². The van der Waals surface area contributed by atoms with Gasteiger partial charge in [0.05, 0.1) is 18.9 Å². The number of aromatic nitrogens is 1. The molecular formula is C26H30N4O4. The third kappa shape index (κ3) is 4.39. The summed E-state index contributed by atoms with van der Waals surface area (Å²) in [6.45, 7) is 0.604. The van der Waals surface area contributed by atoms with Gasteiger partial charge in [0, 0.05) is 35.7 Å². The molecule has 8 heteroatoms. The molecule has 2 aromatic rings. The Balaban J connectivity index is 1.31. The molecule has 0 spiro atoms. The summed E-state index contributed by atoms with van der Waals surface area (Å²) >= 11 is 0. The molecule has 0 bridgehead atoms. The molecule has 178 valence electrons. The lowest BCUT2D eigenvalue weighted by atomic mass is 9.83. The molecule has 2 saturated carbocycles. The minimum atomic E-state index is -0.743.